The summed E-state index contributed by atoms with van der Waals surface area (Å²) in [6, 6.07) is 18.4. The third kappa shape index (κ3) is 5.55. The first kappa shape index (κ1) is 22.0. The van der Waals surface area contributed by atoms with Crippen molar-refractivity contribution in [1.29, 1.82) is 0 Å². The molecule has 0 aliphatic carbocycles. The highest BCUT2D eigenvalue weighted by atomic mass is 32.1. The molecule has 3 N–H and O–H groups in total. The Morgan fingerprint density at radius 2 is 1.70 bits per heavy atom. The van der Waals surface area contributed by atoms with Gasteiger partial charge in [0.1, 0.15) is 5.75 Å². The van der Waals surface area contributed by atoms with Gasteiger partial charge >= 0.3 is 6.61 Å². The van der Waals surface area contributed by atoms with Crippen molar-refractivity contribution in [3.05, 3.63) is 84.7 Å². The van der Waals surface area contributed by atoms with Crippen molar-refractivity contribution >= 4 is 39.8 Å². The minimum absolute atomic E-state index is 0.0253. The number of anilines is 1. The molecule has 2 aromatic carbocycles. The molecule has 4 rings (SSSR count). The number of pyridine rings is 2. The van der Waals surface area contributed by atoms with Crippen molar-refractivity contribution < 1.29 is 18.3 Å². The van der Waals surface area contributed by atoms with Crippen molar-refractivity contribution in [2.45, 2.75) is 6.61 Å². The van der Waals surface area contributed by atoms with Gasteiger partial charge in [-0.05, 0) is 60.7 Å². The number of aromatic nitrogens is 2. The lowest BCUT2D eigenvalue weighted by Gasteiger charge is -2.14. The van der Waals surface area contributed by atoms with E-state index in [-0.39, 0.29) is 10.9 Å². The molecule has 10 heteroatoms. The number of hydrogen-bond donors (Lipinski definition) is 3. The summed E-state index contributed by atoms with van der Waals surface area (Å²) in [4.78, 5) is 21.6. The molecule has 2 aromatic heterocycles. The molecule has 2 heterocycles. The molecule has 0 aliphatic rings. The van der Waals surface area contributed by atoms with Gasteiger partial charge in [0.05, 0.1) is 16.8 Å². The zero-order chi connectivity index (χ0) is 23.2. The molecule has 0 aliphatic heterocycles. The second-order valence-corrected chi connectivity index (χ2v) is 7.15. The average Bonchev–Trinajstić information content (AvgIpc) is 2.83. The van der Waals surface area contributed by atoms with Gasteiger partial charge in [0.2, 0.25) is 0 Å². The molecule has 7 nitrogen and oxygen atoms in total. The predicted molar refractivity (Wildman–Crippen MR) is 125 cm³/mol. The summed E-state index contributed by atoms with van der Waals surface area (Å²) in [5.41, 5.74) is 8.28. The number of para-hydroxylation sites is 1. The monoisotopic (exact) mass is 465 g/mol. The second kappa shape index (κ2) is 9.96. The number of hydrogen-bond acceptors (Lipinski definition) is 5. The van der Waals surface area contributed by atoms with Crippen LogP contribution >= 0.6 is 12.2 Å². The molecular formula is C23H17F2N5O2S. The quantitative estimate of drug-likeness (QED) is 0.295. The molecule has 166 valence electrons. The molecule has 33 heavy (non-hydrogen) atoms. The van der Waals surface area contributed by atoms with Crippen LogP contribution in [0.1, 0.15) is 10.4 Å². The lowest BCUT2D eigenvalue weighted by Crippen LogP contribution is -2.43. The predicted octanol–water partition coefficient (Wildman–Crippen LogP) is 4.53. The van der Waals surface area contributed by atoms with Crippen LogP contribution in [0, 0.1) is 0 Å². The normalized spacial score (nSPS) is 10.6. The molecule has 0 radical (unpaired) electrons. The van der Waals surface area contributed by atoms with E-state index in [2.05, 4.69) is 30.9 Å². The van der Waals surface area contributed by atoms with Crippen LogP contribution in [0.25, 0.3) is 22.2 Å². The Labute approximate surface area is 192 Å². The van der Waals surface area contributed by atoms with E-state index in [0.717, 1.165) is 5.56 Å². The Balaban J connectivity index is 1.47. The minimum Gasteiger partial charge on any atom is -0.435 e. The fraction of sp³-hybridized carbons (Fsp3) is 0.0435. The number of carbonyl (C=O) groups excluding carboxylic acids is 1. The molecule has 0 atom stereocenters. The summed E-state index contributed by atoms with van der Waals surface area (Å²) < 4.78 is 28.8. The first-order valence-corrected chi connectivity index (χ1v) is 10.1. The van der Waals surface area contributed by atoms with Gasteiger partial charge in [-0.3, -0.25) is 20.6 Å². The Morgan fingerprint density at radius 3 is 2.42 bits per heavy atom. The number of carbonyl (C=O) groups is 1. The molecular weight excluding hydrogens is 448 g/mol. The first-order chi connectivity index (χ1) is 16.0. The number of nitrogens with zero attached hydrogens (tertiary/aromatic N) is 2. The molecule has 0 spiro atoms. The van der Waals surface area contributed by atoms with Crippen LogP contribution in [-0.4, -0.2) is 27.6 Å². The summed E-state index contributed by atoms with van der Waals surface area (Å²) in [5, 5.41) is 3.64. The highest BCUT2D eigenvalue weighted by Gasteiger charge is 2.14. The topological polar surface area (TPSA) is 88.2 Å². The summed E-state index contributed by atoms with van der Waals surface area (Å²) >= 11 is 5.20. The van der Waals surface area contributed by atoms with Gasteiger partial charge in [0.15, 0.2) is 5.11 Å². The van der Waals surface area contributed by atoms with Crippen LogP contribution in [0.3, 0.4) is 0 Å². The van der Waals surface area contributed by atoms with Gasteiger partial charge in [-0.1, -0.05) is 18.2 Å². The maximum absolute atomic E-state index is 13.0. The number of hydrazine groups is 1. The highest BCUT2D eigenvalue weighted by Crippen LogP contribution is 2.24. The van der Waals surface area contributed by atoms with Crippen LogP contribution in [0.4, 0.5) is 14.5 Å². The van der Waals surface area contributed by atoms with E-state index in [0.29, 0.717) is 27.8 Å². The summed E-state index contributed by atoms with van der Waals surface area (Å²) in [7, 11) is 0. The number of rotatable bonds is 5. The van der Waals surface area contributed by atoms with E-state index >= 15 is 0 Å². The summed E-state index contributed by atoms with van der Waals surface area (Å²) in [6.07, 6.45) is 3.31. The summed E-state index contributed by atoms with van der Waals surface area (Å²) in [6.45, 7) is -2.90. The number of ether oxygens (including phenoxy) is 1. The standard InChI is InChI=1S/C23H17F2N5O2S/c24-22(25)32-16-7-5-15(6-8-16)27-23(33)30-29-21(31)18-13-20(14-9-11-26-12-10-14)28-19-4-2-1-3-17(18)19/h1-13,22H,(H,29,31)(H2,27,30,33). The van der Waals surface area contributed by atoms with Gasteiger partial charge in [-0.25, -0.2) is 4.98 Å². The Hall–Kier alpha value is -4.18. The smallest absolute Gasteiger partial charge is 0.387 e. The Kier molecular flexibility index (Phi) is 6.65. The number of nitrogens with one attached hydrogen (secondary N) is 3. The van der Waals surface area contributed by atoms with Crippen molar-refractivity contribution in [2.75, 3.05) is 5.32 Å². The van der Waals surface area contributed by atoms with Gasteiger partial charge in [-0.15, -0.1) is 0 Å². The number of amides is 1. The van der Waals surface area contributed by atoms with Gasteiger partial charge in [-0.2, -0.15) is 8.78 Å². The number of thiocarbonyl (C=S) groups is 1. The van der Waals surface area contributed by atoms with Crippen molar-refractivity contribution in [1.82, 2.24) is 20.8 Å². The largest absolute Gasteiger partial charge is 0.435 e. The number of fused-ring (bicyclic) bond motifs is 1. The zero-order valence-electron chi connectivity index (χ0n) is 17.0. The Bertz CT molecular complexity index is 1290. The number of alkyl halides is 2. The molecule has 4 aromatic rings. The van der Waals surface area contributed by atoms with E-state index in [1.54, 1.807) is 18.5 Å². The highest BCUT2D eigenvalue weighted by molar-refractivity contribution is 7.80. The lowest BCUT2D eigenvalue weighted by atomic mass is 10.0. The van der Waals surface area contributed by atoms with Crippen molar-refractivity contribution in [2.24, 2.45) is 0 Å². The maximum Gasteiger partial charge on any atom is 0.387 e. The first-order valence-electron chi connectivity index (χ1n) is 9.72. The van der Waals surface area contributed by atoms with Crippen LogP contribution in [0.2, 0.25) is 0 Å². The molecule has 0 fully saturated rings. The second-order valence-electron chi connectivity index (χ2n) is 6.74. The number of benzene rings is 2. The summed E-state index contributed by atoms with van der Waals surface area (Å²) in [5.74, 6) is -0.383. The fourth-order valence-electron chi connectivity index (χ4n) is 3.10. The van der Waals surface area contributed by atoms with E-state index in [4.69, 9.17) is 12.2 Å². The van der Waals surface area contributed by atoms with E-state index < -0.39 is 12.5 Å². The van der Waals surface area contributed by atoms with Crippen LogP contribution in [-0.2, 0) is 0 Å². The van der Waals surface area contributed by atoms with E-state index in [9.17, 15) is 13.6 Å². The molecule has 0 bridgehead atoms. The molecule has 0 unspecified atom stereocenters. The zero-order valence-corrected chi connectivity index (χ0v) is 17.8. The van der Waals surface area contributed by atoms with E-state index in [1.165, 1.54) is 24.3 Å². The molecule has 0 saturated heterocycles. The van der Waals surface area contributed by atoms with Gasteiger partial charge in [0.25, 0.3) is 5.91 Å². The lowest BCUT2D eigenvalue weighted by molar-refractivity contribution is -0.0498. The SMILES string of the molecule is O=C(NNC(=S)Nc1ccc(OC(F)F)cc1)c1cc(-c2ccncc2)nc2ccccc12. The maximum atomic E-state index is 13.0. The van der Waals surface area contributed by atoms with Gasteiger partial charge < -0.3 is 10.1 Å². The van der Waals surface area contributed by atoms with Crippen molar-refractivity contribution in [3.63, 3.8) is 0 Å². The number of halogens is 2. The van der Waals surface area contributed by atoms with Crippen molar-refractivity contribution in [3.8, 4) is 17.0 Å². The Morgan fingerprint density at radius 1 is 0.970 bits per heavy atom. The minimum atomic E-state index is -2.90. The third-order valence-electron chi connectivity index (χ3n) is 4.56. The average molecular weight is 465 g/mol. The van der Waals surface area contributed by atoms with Crippen LogP contribution < -0.4 is 20.9 Å². The molecule has 0 saturated carbocycles. The van der Waals surface area contributed by atoms with Gasteiger partial charge in [0, 0.05) is 29.0 Å². The van der Waals surface area contributed by atoms with E-state index in [1.807, 2.05) is 36.4 Å². The third-order valence-corrected chi connectivity index (χ3v) is 4.77. The molecule has 1 amide bonds. The van der Waals surface area contributed by atoms with Crippen LogP contribution in [0.15, 0.2) is 79.1 Å². The van der Waals surface area contributed by atoms with Crippen LogP contribution in [0.5, 0.6) is 5.75 Å². The fourth-order valence-corrected chi connectivity index (χ4v) is 3.27.